The molecule has 3 nitrogen and oxygen atoms in total. The molecule has 2 N–H and O–H groups in total. The standard InChI is InChI=1S/C11H15F2NO2/c1-16-11-7-8(12)10(6-9(11)13)14-4-2-3-5-15/h6-7,14-15H,2-5H2,1H3. The summed E-state index contributed by atoms with van der Waals surface area (Å²) in [5.41, 5.74) is 0.108. The second-order valence-corrected chi connectivity index (χ2v) is 3.32. The van der Waals surface area contributed by atoms with Gasteiger partial charge < -0.3 is 15.2 Å². The van der Waals surface area contributed by atoms with Crippen molar-refractivity contribution in [3.05, 3.63) is 23.8 Å². The molecule has 5 heteroatoms. The van der Waals surface area contributed by atoms with Crippen molar-refractivity contribution in [2.45, 2.75) is 12.8 Å². The van der Waals surface area contributed by atoms with Gasteiger partial charge in [-0.2, -0.15) is 0 Å². The Hall–Kier alpha value is -1.36. The number of rotatable bonds is 6. The maximum atomic E-state index is 13.4. The lowest BCUT2D eigenvalue weighted by molar-refractivity contribution is 0.286. The van der Waals surface area contributed by atoms with E-state index in [2.05, 4.69) is 10.1 Å². The molecule has 0 unspecified atom stereocenters. The van der Waals surface area contributed by atoms with E-state index in [9.17, 15) is 8.78 Å². The van der Waals surface area contributed by atoms with Gasteiger partial charge in [-0.3, -0.25) is 0 Å². The summed E-state index contributed by atoms with van der Waals surface area (Å²) in [6, 6.07) is 2.07. The summed E-state index contributed by atoms with van der Waals surface area (Å²) < 4.78 is 31.2. The molecular formula is C11H15F2NO2. The zero-order valence-corrected chi connectivity index (χ0v) is 9.09. The lowest BCUT2D eigenvalue weighted by atomic mass is 10.2. The summed E-state index contributed by atoms with van der Waals surface area (Å²) in [5, 5.41) is 11.3. The van der Waals surface area contributed by atoms with Crippen LogP contribution in [0.1, 0.15) is 12.8 Å². The molecule has 0 amide bonds. The molecule has 0 saturated carbocycles. The topological polar surface area (TPSA) is 41.5 Å². The van der Waals surface area contributed by atoms with Gasteiger partial charge in [0.2, 0.25) is 0 Å². The first-order valence-electron chi connectivity index (χ1n) is 5.06. The number of aliphatic hydroxyl groups excluding tert-OH is 1. The Morgan fingerprint density at radius 1 is 1.25 bits per heavy atom. The number of aliphatic hydroxyl groups is 1. The van der Waals surface area contributed by atoms with E-state index in [0.717, 1.165) is 12.1 Å². The van der Waals surface area contributed by atoms with Crippen molar-refractivity contribution in [2.75, 3.05) is 25.6 Å². The highest BCUT2D eigenvalue weighted by Gasteiger charge is 2.09. The molecule has 0 aliphatic carbocycles. The van der Waals surface area contributed by atoms with Crippen molar-refractivity contribution in [2.24, 2.45) is 0 Å². The van der Waals surface area contributed by atoms with Crippen molar-refractivity contribution in [1.82, 2.24) is 0 Å². The Bertz CT molecular complexity index is 345. The van der Waals surface area contributed by atoms with Crippen LogP contribution in [0.3, 0.4) is 0 Å². The third-order valence-electron chi connectivity index (χ3n) is 2.14. The highest BCUT2D eigenvalue weighted by atomic mass is 19.1. The SMILES string of the molecule is COc1cc(F)c(NCCCCO)cc1F. The fourth-order valence-electron chi connectivity index (χ4n) is 1.28. The number of hydrogen-bond donors (Lipinski definition) is 2. The second-order valence-electron chi connectivity index (χ2n) is 3.32. The molecule has 1 aromatic carbocycles. The highest BCUT2D eigenvalue weighted by molar-refractivity contribution is 5.48. The summed E-state index contributed by atoms with van der Waals surface area (Å²) in [4.78, 5) is 0. The molecule has 0 radical (unpaired) electrons. The van der Waals surface area contributed by atoms with Gasteiger partial charge in [0, 0.05) is 25.3 Å². The second kappa shape index (κ2) is 6.27. The van der Waals surface area contributed by atoms with Crippen LogP contribution < -0.4 is 10.1 Å². The normalized spacial score (nSPS) is 10.2. The number of anilines is 1. The van der Waals surface area contributed by atoms with E-state index in [1.807, 2.05) is 0 Å². The number of nitrogens with one attached hydrogen (secondary N) is 1. The summed E-state index contributed by atoms with van der Waals surface area (Å²) in [7, 11) is 1.28. The van der Waals surface area contributed by atoms with Gasteiger partial charge in [0.05, 0.1) is 12.8 Å². The summed E-state index contributed by atoms with van der Waals surface area (Å²) in [6.45, 7) is 0.588. The Morgan fingerprint density at radius 2 is 2.00 bits per heavy atom. The van der Waals surface area contributed by atoms with E-state index in [-0.39, 0.29) is 18.0 Å². The van der Waals surface area contributed by atoms with Crippen molar-refractivity contribution < 1.29 is 18.6 Å². The van der Waals surface area contributed by atoms with Crippen LogP contribution in [-0.2, 0) is 0 Å². The van der Waals surface area contributed by atoms with Crippen LogP contribution in [0.25, 0.3) is 0 Å². The van der Waals surface area contributed by atoms with E-state index >= 15 is 0 Å². The molecule has 0 aromatic heterocycles. The zero-order valence-electron chi connectivity index (χ0n) is 9.09. The molecule has 16 heavy (non-hydrogen) atoms. The van der Waals surface area contributed by atoms with Gasteiger partial charge in [-0.15, -0.1) is 0 Å². The minimum Gasteiger partial charge on any atom is -0.494 e. The molecule has 0 saturated heterocycles. The fraction of sp³-hybridized carbons (Fsp3) is 0.455. The first-order chi connectivity index (χ1) is 7.69. The molecule has 0 bridgehead atoms. The van der Waals surface area contributed by atoms with Gasteiger partial charge in [-0.05, 0) is 12.8 Å². The van der Waals surface area contributed by atoms with Crippen molar-refractivity contribution in [3.8, 4) is 5.75 Å². The van der Waals surface area contributed by atoms with Crippen molar-refractivity contribution in [1.29, 1.82) is 0 Å². The molecule has 0 spiro atoms. The zero-order chi connectivity index (χ0) is 12.0. The number of benzene rings is 1. The van der Waals surface area contributed by atoms with Gasteiger partial charge >= 0.3 is 0 Å². The smallest absolute Gasteiger partial charge is 0.167 e. The van der Waals surface area contributed by atoms with Gasteiger partial charge in [-0.25, -0.2) is 8.78 Å². The highest BCUT2D eigenvalue weighted by Crippen LogP contribution is 2.24. The monoisotopic (exact) mass is 231 g/mol. The molecule has 0 fully saturated rings. The van der Waals surface area contributed by atoms with Crippen LogP contribution in [-0.4, -0.2) is 25.4 Å². The van der Waals surface area contributed by atoms with E-state index in [4.69, 9.17) is 5.11 Å². The molecule has 1 aromatic rings. The average molecular weight is 231 g/mol. The van der Waals surface area contributed by atoms with Crippen LogP contribution in [0.5, 0.6) is 5.75 Å². The maximum absolute atomic E-state index is 13.4. The molecule has 0 heterocycles. The van der Waals surface area contributed by atoms with Crippen LogP contribution >= 0.6 is 0 Å². The predicted octanol–water partition coefficient (Wildman–Crippen LogP) is 2.16. The van der Waals surface area contributed by atoms with Gasteiger partial charge in [-0.1, -0.05) is 0 Å². The minimum absolute atomic E-state index is 0.0983. The Kier molecular flexibility index (Phi) is 4.98. The molecule has 0 aliphatic rings. The van der Waals surface area contributed by atoms with Crippen molar-refractivity contribution >= 4 is 5.69 Å². The number of hydrogen-bond acceptors (Lipinski definition) is 3. The van der Waals surface area contributed by atoms with E-state index in [0.29, 0.717) is 19.4 Å². The predicted molar refractivity (Wildman–Crippen MR) is 57.7 cm³/mol. The van der Waals surface area contributed by atoms with Crippen molar-refractivity contribution in [3.63, 3.8) is 0 Å². The molecule has 1 rings (SSSR count). The number of ether oxygens (including phenoxy) is 1. The summed E-state index contributed by atoms with van der Waals surface area (Å²) in [5.74, 6) is -1.27. The molecular weight excluding hydrogens is 216 g/mol. The van der Waals surface area contributed by atoms with Crippen LogP contribution in [0.4, 0.5) is 14.5 Å². The fourth-order valence-corrected chi connectivity index (χ4v) is 1.28. The summed E-state index contributed by atoms with van der Waals surface area (Å²) >= 11 is 0. The lowest BCUT2D eigenvalue weighted by Crippen LogP contribution is -2.05. The van der Waals surface area contributed by atoms with E-state index in [1.165, 1.54) is 7.11 Å². The first kappa shape index (κ1) is 12.7. The first-order valence-corrected chi connectivity index (χ1v) is 5.06. The van der Waals surface area contributed by atoms with E-state index < -0.39 is 11.6 Å². The molecule has 0 aliphatic heterocycles. The van der Waals surface area contributed by atoms with Gasteiger partial charge in [0.15, 0.2) is 11.6 Å². The summed E-state index contributed by atoms with van der Waals surface area (Å²) in [6.07, 6.45) is 1.33. The average Bonchev–Trinajstić information content (AvgIpc) is 2.28. The lowest BCUT2D eigenvalue weighted by Gasteiger charge is -2.09. The van der Waals surface area contributed by atoms with Crippen LogP contribution in [0, 0.1) is 11.6 Å². The molecule has 90 valence electrons. The van der Waals surface area contributed by atoms with E-state index in [1.54, 1.807) is 0 Å². The quantitative estimate of drug-likeness (QED) is 0.737. The third kappa shape index (κ3) is 3.34. The third-order valence-corrected chi connectivity index (χ3v) is 2.14. The number of halogens is 2. The van der Waals surface area contributed by atoms with Gasteiger partial charge in [0.25, 0.3) is 0 Å². The molecule has 0 atom stereocenters. The largest absolute Gasteiger partial charge is 0.494 e. The van der Waals surface area contributed by atoms with Gasteiger partial charge in [0.1, 0.15) is 5.82 Å². The van der Waals surface area contributed by atoms with Crippen LogP contribution in [0.15, 0.2) is 12.1 Å². The minimum atomic E-state index is -0.603. The van der Waals surface area contributed by atoms with Crippen LogP contribution in [0.2, 0.25) is 0 Å². The maximum Gasteiger partial charge on any atom is 0.167 e. The Balaban J connectivity index is 2.63. The number of methoxy groups -OCH3 is 1. The Labute approximate surface area is 93.0 Å². The Morgan fingerprint density at radius 3 is 2.62 bits per heavy atom. The number of unbranched alkanes of at least 4 members (excludes halogenated alkanes) is 1.